The van der Waals surface area contributed by atoms with Gasteiger partial charge in [0.05, 0.1) is 19.3 Å². The van der Waals surface area contributed by atoms with Crippen molar-refractivity contribution in [1.82, 2.24) is 0 Å². The molecule has 0 aromatic carbocycles. The summed E-state index contributed by atoms with van der Waals surface area (Å²) < 4.78 is 5.35. The molecular formula is C7H14O3. The van der Waals surface area contributed by atoms with E-state index in [0.717, 1.165) is 12.8 Å². The molecule has 0 aromatic heterocycles. The molecule has 1 heterocycles. The molecule has 60 valence electrons. The maximum absolute atomic E-state index is 8.85. The molecule has 1 aliphatic heterocycles. The van der Waals surface area contributed by atoms with Crippen molar-refractivity contribution in [3.63, 3.8) is 0 Å². The fourth-order valence-corrected chi connectivity index (χ4v) is 1.29. The summed E-state index contributed by atoms with van der Waals surface area (Å²) >= 11 is 0. The third-order valence-corrected chi connectivity index (χ3v) is 2.03. The second kappa shape index (κ2) is 2.86. The second-order valence-electron chi connectivity index (χ2n) is 2.97. The minimum atomic E-state index is -0.639. The molecule has 1 atom stereocenters. The number of ether oxygens (including phenoxy) is 1. The van der Waals surface area contributed by atoms with Gasteiger partial charge < -0.3 is 14.9 Å². The average molecular weight is 146 g/mol. The quantitative estimate of drug-likeness (QED) is 0.572. The fourth-order valence-electron chi connectivity index (χ4n) is 1.29. The third kappa shape index (κ3) is 1.31. The lowest BCUT2D eigenvalue weighted by Gasteiger charge is -2.23. The van der Waals surface area contributed by atoms with Crippen molar-refractivity contribution in [2.45, 2.75) is 31.5 Å². The summed E-state index contributed by atoms with van der Waals surface area (Å²) in [7, 11) is 0. The molecule has 1 rings (SSSR count). The molecule has 1 fully saturated rings. The van der Waals surface area contributed by atoms with Gasteiger partial charge in [-0.25, -0.2) is 0 Å². The second-order valence-corrected chi connectivity index (χ2v) is 2.97. The maximum Gasteiger partial charge on any atom is 0.114 e. The molecule has 1 saturated heterocycles. The lowest BCUT2D eigenvalue weighted by molar-refractivity contribution is -0.0956. The van der Waals surface area contributed by atoms with E-state index >= 15 is 0 Å². The maximum atomic E-state index is 8.85. The Morgan fingerprint density at radius 1 is 1.50 bits per heavy atom. The lowest BCUT2D eigenvalue weighted by atomic mass is 10.0. The molecule has 10 heavy (non-hydrogen) atoms. The van der Waals surface area contributed by atoms with Gasteiger partial charge in [-0.3, -0.25) is 0 Å². The standard InChI is InChI=1S/C7H14O3/c1-6-2-3-7(4-8,5-9)10-6/h6,8-9H,2-5H2,1H3. The van der Waals surface area contributed by atoms with Crippen LogP contribution in [0.3, 0.4) is 0 Å². The van der Waals surface area contributed by atoms with E-state index in [1.807, 2.05) is 6.92 Å². The van der Waals surface area contributed by atoms with E-state index in [0.29, 0.717) is 0 Å². The first-order chi connectivity index (χ1) is 4.72. The Morgan fingerprint density at radius 2 is 2.10 bits per heavy atom. The number of aliphatic hydroxyl groups excluding tert-OH is 2. The van der Waals surface area contributed by atoms with Crippen molar-refractivity contribution in [2.24, 2.45) is 0 Å². The van der Waals surface area contributed by atoms with E-state index in [4.69, 9.17) is 14.9 Å². The van der Waals surface area contributed by atoms with Crippen LogP contribution in [0, 0.1) is 0 Å². The van der Waals surface area contributed by atoms with Crippen molar-refractivity contribution in [2.75, 3.05) is 13.2 Å². The van der Waals surface area contributed by atoms with E-state index in [1.54, 1.807) is 0 Å². The van der Waals surface area contributed by atoms with Crippen LogP contribution in [0.15, 0.2) is 0 Å². The highest BCUT2D eigenvalue weighted by atomic mass is 16.5. The van der Waals surface area contributed by atoms with Gasteiger partial charge in [0.2, 0.25) is 0 Å². The summed E-state index contributed by atoms with van der Waals surface area (Å²) in [5.74, 6) is 0. The zero-order valence-corrected chi connectivity index (χ0v) is 6.21. The SMILES string of the molecule is CC1CCC(CO)(CO)O1. The highest BCUT2D eigenvalue weighted by Crippen LogP contribution is 2.28. The lowest BCUT2D eigenvalue weighted by Crippen LogP contribution is -2.37. The fraction of sp³-hybridized carbons (Fsp3) is 1.00. The summed E-state index contributed by atoms with van der Waals surface area (Å²) in [6.07, 6.45) is 1.88. The summed E-state index contributed by atoms with van der Waals surface area (Å²) in [6.45, 7) is 1.80. The molecule has 0 bridgehead atoms. The van der Waals surface area contributed by atoms with Gasteiger partial charge in [0.25, 0.3) is 0 Å². The van der Waals surface area contributed by atoms with Gasteiger partial charge in [-0.05, 0) is 19.8 Å². The first-order valence-corrected chi connectivity index (χ1v) is 3.62. The molecule has 0 radical (unpaired) electrons. The number of hydrogen-bond donors (Lipinski definition) is 2. The molecule has 0 saturated carbocycles. The summed E-state index contributed by atoms with van der Waals surface area (Å²) in [5, 5.41) is 17.7. The smallest absolute Gasteiger partial charge is 0.114 e. The van der Waals surface area contributed by atoms with Gasteiger partial charge in [0.15, 0.2) is 0 Å². The molecule has 3 heteroatoms. The zero-order chi connectivity index (χ0) is 7.61. The van der Waals surface area contributed by atoms with E-state index < -0.39 is 5.60 Å². The third-order valence-electron chi connectivity index (χ3n) is 2.03. The van der Waals surface area contributed by atoms with E-state index in [2.05, 4.69) is 0 Å². The topological polar surface area (TPSA) is 49.7 Å². The molecule has 1 aliphatic rings. The highest BCUT2D eigenvalue weighted by molar-refractivity contribution is 4.86. The number of aliphatic hydroxyl groups is 2. The van der Waals surface area contributed by atoms with Crippen molar-refractivity contribution in [3.8, 4) is 0 Å². The number of rotatable bonds is 2. The summed E-state index contributed by atoms with van der Waals surface area (Å²) in [4.78, 5) is 0. The van der Waals surface area contributed by atoms with Gasteiger partial charge in [0.1, 0.15) is 5.60 Å². The molecule has 1 unspecified atom stereocenters. The Hall–Kier alpha value is -0.120. The van der Waals surface area contributed by atoms with Gasteiger partial charge in [0, 0.05) is 0 Å². The van der Waals surface area contributed by atoms with Crippen molar-refractivity contribution in [3.05, 3.63) is 0 Å². The van der Waals surface area contributed by atoms with Gasteiger partial charge in [-0.1, -0.05) is 0 Å². The Balaban J connectivity index is 2.51. The molecule has 3 nitrogen and oxygen atoms in total. The predicted octanol–water partition coefficient (Wildman–Crippen LogP) is -0.0913. The minimum absolute atomic E-state index is 0.0756. The average Bonchev–Trinajstić information content (AvgIpc) is 2.33. The largest absolute Gasteiger partial charge is 0.393 e. The zero-order valence-electron chi connectivity index (χ0n) is 6.21. The molecule has 0 spiro atoms. The molecular weight excluding hydrogens is 132 g/mol. The normalized spacial score (nSPS) is 30.9. The van der Waals surface area contributed by atoms with Crippen LogP contribution in [-0.4, -0.2) is 35.1 Å². The van der Waals surface area contributed by atoms with Gasteiger partial charge in [-0.2, -0.15) is 0 Å². The molecule has 0 amide bonds. The van der Waals surface area contributed by atoms with E-state index in [1.165, 1.54) is 0 Å². The van der Waals surface area contributed by atoms with Crippen molar-refractivity contribution < 1.29 is 14.9 Å². The van der Waals surface area contributed by atoms with E-state index in [9.17, 15) is 0 Å². The minimum Gasteiger partial charge on any atom is -0.393 e. The Bertz CT molecular complexity index is 109. The Morgan fingerprint density at radius 3 is 2.30 bits per heavy atom. The van der Waals surface area contributed by atoms with Crippen LogP contribution in [0.25, 0.3) is 0 Å². The molecule has 0 aliphatic carbocycles. The summed E-state index contributed by atoms with van der Waals surface area (Å²) in [5.41, 5.74) is -0.639. The molecule has 0 aromatic rings. The van der Waals surface area contributed by atoms with Crippen LogP contribution < -0.4 is 0 Å². The summed E-state index contributed by atoms with van der Waals surface area (Å²) in [6, 6.07) is 0. The number of hydrogen-bond acceptors (Lipinski definition) is 3. The van der Waals surface area contributed by atoms with Crippen LogP contribution in [0.1, 0.15) is 19.8 Å². The first kappa shape index (κ1) is 7.98. The highest BCUT2D eigenvalue weighted by Gasteiger charge is 2.37. The first-order valence-electron chi connectivity index (χ1n) is 3.62. The van der Waals surface area contributed by atoms with Crippen LogP contribution in [0.5, 0.6) is 0 Å². The van der Waals surface area contributed by atoms with Crippen molar-refractivity contribution in [1.29, 1.82) is 0 Å². The van der Waals surface area contributed by atoms with Crippen LogP contribution in [-0.2, 0) is 4.74 Å². The van der Waals surface area contributed by atoms with Crippen molar-refractivity contribution >= 4 is 0 Å². The Kier molecular flexibility index (Phi) is 2.28. The van der Waals surface area contributed by atoms with Crippen LogP contribution in [0.2, 0.25) is 0 Å². The van der Waals surface area contributed by atoms with Gasteiger partial charge >= 0.3 is 0 Å². The van der Waals surface area contributed by atoms with Crippen LogP contribution in [0.4, 0.5) is 0 Å². The Labute approximate surface area is 60.6 Å². The molecule has 2 N–H and O–H groups in total. The monoisotopic (exact) mass is 146 g/mol. The predicted molar refractivity (Wildman–Crippen MR) is 36.7 cm³/mol. The van der Waals surface area contributed by atoms with E-state index in [-0.39, 0.29) is 19.3 Å². The van der Waals surface area contributed by atoms with Gasteiger partial charge in [-0.15, -0.1) is 0 Å². The van der Waals surface area contributed by atoms with Crippen LogP contribution >= 0.6 is 0 Å².